The maximum Gasteiger partial charge on any atom is 0.243 e. The summed E-state index contributed by atoms with van der Waals surface area (Å²) in [7, 11) is 0. The molecule has 0 aliphatic carbocycles. The third kappa shape index (κ3) is 8.86. The molecular formula is C29H33BrN2O2S. The van der Waals surface area contributed by atoms with Gasteiger partial charge in [0.1, 0.15) is 6.04 Å². The fourth-order valence-corrected chi connectivity index (χ4v) is 5.05. The Morgan fingerprint density at radius 2 is 1.60 bits per heavy atom. The van der Waals surface area contributed by atoms with E-state index >= 15 is 0 Å². The van der Waals surface area contributed by atoms with E-state index in [1.54, 1.807) is 16.7 Å². The maximum absolute atomic E-state index is 13.6. The maximum atomic E-state index is 13.6. The van der Waals surface area contributed by atoms with Gasteiger partial charge in [-0.1, -0.05) is 83.5 Å². The van der Waals surface area contributed by atoms with Gasteiger partial charge < -0.3 is 10.2 Å². The van der Waals surface area contributed by atoms with Crippen LogP contribution < -0.4 is 5.32 Å². The van der Waals surface area contributed by atoms with Gasteiger partial charge in [-0.2, -0.15) is 0 Å². The fraction of sp³-hybridized carbons (Fsp3) is 0.310. The highest BCUT2D eigenvalue weighted by Crippen LogP contribution is 2.22. The molecule has 3 aromatic carbocycles. The van der Waals surface area contributed by atoms with Crippen molar-refractivity contribution in [3.05, 3.63) is 101 Å². The second-order valence-electron chi connectivity index (χ2n) is 8.59. The minimum absolute atomic E-state index is 0.0198. The van der Waals surface area contributed by atoms with Crippen LogP contribution in [0.1, 0.15) is 37.8 Å². The van der Waals surface area contributed by atoms with Gasteiger partial charge in [0.05, 0.1) is 0 Å². The Balaban J connectivity index is 1.86. The van der Waals surface area contributed by atoms with Gasteiger partial charge >= 0.3 is 0 Å². The van der Waals surface area contributed by atoms with Crippen molar-refractivity contribution < 1.29 is 9.59 Å². The summed E-state index contributed by atoms with van der Waals surface area (Å²) < 4.78 is 0.950. The molecule has 2 amide bonds. The minimum Gasteiger partial charge on any atom is -0.352 e. The Labute approximate surface area is 221 Å². The van der Waals surface area contributed by atoms with Crippen LogP contribution in [-0.2, 0) is 22.6 Å². The molecule has 0 heterocycles. The predicted molar refractivity (Wildman–Crippen MR) is 148 cm³/mol. The van der Waals surface area contributed by atoms with E-state index in [2.05, 4.69) is 21.2 Å². The molecule has 6 heteroatoms. The summed E-state index contributed by atoms with van der Waals surface area (Å²) in [5.41, 5.74) is 2.01. The second kappa shape index (κ2) is 14.1. The van der Waals surface area contributed by atoms with Crippen molar-refractivity contribution in [1.29, 1.82) is 0 Å². The van der Waals surface area contributed by atoms with Crippen LogP contribution in [0.3, 0.4) is 0 Å². The average molecular weight is 554 g/mol. The molecule has 4 nitrogen and oxygen atoms in total. The summed E-state index contributed by atoms with van der Waals surface area (Å²) in [6.07, 6.45) is 1.65. The van der Waals surface area contributed by atoms with Crippen molar-refractivity contribution >= 4 is 39.5 Å². The number of carbonyl (C=O) groups is 2. The minimum atomic E-state index is -0.598. The number of thioether (sulfide) groups is 1. The molecule has 0 radical (unpaired) electrons. The third-order valence-corrected chi connectivity index (χ3v) is 7.35. The lowest BCUT2D eigenvalue weighted by Gasteiger charge is -2.32. The molecular weight excluding hydrogens is 520 g/mol. The Morgan fingerprint density at radius 3 is 2.26 bits per heavy atom. The number of nitrogens with one attached hydrogen (secondary N) is 1. The van der Waals surface area contributed by atoms with Crippen molar-refractivity contribution in [2.24, 2.45) is 0 Å². The number of rotatable bonds is 12. The molecule has 184 valence electrons. The Kier molecular flexibility index (Phi) is 10.9. The van der Waals surface area contributed by atoms with Gasteiger partial charge in [-0.05, 0) is 48.7 Å². The van der Waals surface area contributed by atoms with Crippen LogP contribution >= 0.6 is 27.7 Å². The molecule has 0 unspecified atom stereocenters. The van der Waals surface area contributed by atoms with Crippen LogP contribution in [0.15, 0.2) is 94.3 Å². The normalized spacial score (nSPS) is 12.5. The topological polar surface area (TPSA) is 49.4 Å². The van der Waals surface area contributed by atoms with Crippen LogP contribution in [-0.4, -0.2) is 34.6 Å². The summed E-state index contributed by atoms with van der Waals surface area (Å²) in [5.74, 6) is 0.527. The second-order valence-corrected chi connectivity index (χ2v) is 10.7. The summed E-state index contributed by atoms with van der Waals surface area (Å²) in [6, 6.07) is 27.4. The van der Waals surface area contributed by atoms with Gasteiger partial charge in [0.15, 0.2) is 0 Å². The number of carbonyl (C=O) groups excluding carboxylic acids is 2. The van der Waals surface area contributed by atoms with E-state index in [4.69, 9.17) is 0 Å². The monoisotopic (exact) mass is 552 g/mol. The molecule has 0 aliphatic rings. The smallest absolute Gasteiger partial charge is 0.243 e. The van der Waals surface area contributed by atoms with E-state index in [-0.39, 0.29) is 17.9 Å². The van der Waals surface area contributed by atoms with Gasteiger partial charge in [0.25, 0.3) is 0 Å². The Morgan fingerprint density at radius 1 is 0.943 bits per heavy atom. The summed E-state index contributed by atoms with van der Waals surface area (Å²) in [5, 5.41) is 3.12. The molecule has 0 aromatic heterocycles. The zero-order valence-electron chi connectivity index (χ0n) is 20.3. The van der Waals surface area contributed by atoms with Gasteiger partial charge in [0, 0.05) is 40.5 Å². The van der Waals surface area contributed by atoms with Crippen LogP contribution in [0.25, 0.3) is 0 Å². The van der Waals surface area contributed by atoms with Crippen LogP contribution in [0.2, 0.25) is 0 Å². The van der Waals surface area contributed by atoms with E-state index < -0.39 is 6.04 Å². The van der Waals surface area contributed by atoms with E-state index in [0.29, 0.717) is 25.1 Å². The summed E-state index contributed by atoms with van der Waals surface area (Å²) in [4.78, 5) is 30.0. The quantitative estimate of drug-likeness (QED) is 0.261. The first-order valence-electron chi connectivity index (χ1n) is 12.0. The first-order valence-corrected chi connectivity index (χ1v) is 13.8. The average Bonchev–Trinajstić information content (AvgIpc) is 2.87. The number of hydrogen-bond donors (Lipinski definition) is 1. The van der Waals surface area contributed by atoms with Gasteiger partial charge in [0.2, 0.25) is 11.8 Å². The SMILES string of the molecule is CC[C@H](C)NC(=O)[C@@H](Cc1ccccc1)N(Cc1cccc(Br)c1)C(=O)CCSc1ccccc1. The highest BCUT2D eigenvalue weighted by Gasteiger charge is 2.30. The lowest BCUT2D eigenvalue weighted by atomic mass is 10.0. The molecule has 1 N–H and O–H groups in total. The number of hydrogen-bond acceptors (Lipinski definition) is 3. The van der Waals surface area contributed by atoms with Gasteiger partial charge in [-0.15, -0.1) is 11.8 Å². The van der Waals surface area contributed by atoms with Crippen molar-refractivity contribution in [2.75, 3.05) is 5.75 Å². The molecule has 0 fully saturated rings. The van der Waals surface area contributed by atoms with E-state index in [0.717, 1.165) is 26.9 Å². The summed E-state index contributed by atoms with van der Waals surface area (Å²) >= 11 is 5.19. The van der Waals surface area contributed by atoms with Crippen molar-refractivity contribution in [3.63, 3.8) is 0 Å². The molecule has 0 aliphatic heterocycles. The zero-order valence-corrected chi connectivity index (χ0v) is 22.7. The first kappa shape index (κ1) is 27.0. The summed E-state index contributed by atoms with van der Waals surface area (Å²) in [6.45, 7) is 4.41. The highest BCUT2D eigenvalue weighted by molar-refractivity contribution is 9.10. The molecule has 0 saturated carbocycles. The number of halogens is 1. The number of nitrogens with zero attached hydrogens (tertiary/aromatic N) is 1. The third-order valence-electron chi connectivity index (χ3n) is 5.84. The number of amides is 2. The highest BCUT2D eigenvalue weighted by atomic mass is 79.9. The van der Waals surface area contributed by atoms with Crippen molar-refractivity contribution in [1.82, 2.24) is 10.2 Å². The van der Waals surface area contributed by atoms with Crippen LogP contribution in [0, 0.1) is 0 Å². The van der Waals surface area contributed by atoms with Crippen molar-refractivity contribution in [2.45, 2.75) is 56.6 Å². The van der Waals surface area contributed by atoms with E-state index in [9.17, 15) is 9.59 Å². The van der Waals surface area contributed by atoms with Gasteiger partial charge in [-0.3, -0.25) is 9.59 Å². The van der Waals surface area contributed by atoms with Crippen molar-refractivity contribution in [3.8, 4) is 0 Å². The predicted octanol–water partition coefficient (Wildman–Crippen LogP) is 6.49. The molecule has 2 atom stereocenters. The van der Waals surface area contributed by atoms with E-state index in [1.807, 2.05) is 98.8 Å². The molecule has 3 rings (SSSR count). The molecule has 0 bridgehead atoms. The first-order chi connectivity index (χ1) is 17.0. The molecule has 0 saturated heterocycles. The lowest BCUT2D eigenvalue weighted by Crippen LogP contribution is -2.52. The molecule has 3 aromatic rings. The zero-order chi connectivity index (χ0) is 25.0. The largest absolute Gasteiger partial charge is 0.352 e. The Bertz CT molecular complexity index is 1080. The Hall–Kier alpha value is -2.57. The lowest BCUT2D eigenvalue weighted by molar-refractivity contribution is -0.141. The number of benzene rings is 3. The van der Waals surface area contributed by atoms with E-state index in [1.165, 1.54) is 0 Å². The standard InChI is InChI=1S/C29H33BrN2O2S/c1-3-22(2)31-29(34)27(20-23-11-6-4-7-12-23)32(21-24-13-10-14-25(30)19-24)28(33)17-18-35-26-15-8-5-9-16-26/h4-16,19,22,27H,3,17-18,20-21H2,1-2H3,(H,31,34)/t22-,27+/m0/s1. The van der Waals surface area contributed by atoms with Crippen LogP contribution in [0.5, 0.6) is 0 Å². The molecule has 0 spiro atoms. The molecule has 35 heavy (non-hydrogen) atoms. The van der Waals surface area contributed by atoms with Gasteiger partial charge in [-0.25, -0.2) is 0 Å². The van der Waals surface area contributed by atoms with Crippen LogP contribution in [0.4, 0.5) is 0 Å². The fourth-order valence-electron chi connectivity index (χ4n) is 3.74.